The van der Waals surface area contributed by atoms with Crippen LogP contribution in [0.2, 0.25) is 0 Å². The highest BCUT2D eigenvalue weighted by molar-refractivity contribution is 7.85. The molecule has 0 bridgehead atoms. The van der Waals surface area contributed by atoms with Crippen molar-refractivity contribution in [3.05, 3.63) is 0 Å². The molecule has 1 fully saturated rings. The molecular formula is C9H19N3O2S. The second-order valence-electron chi connectivity index (χ2n) is 3.70. The number of nitrogens with two attached hydrogens (primary N) is 1. The average Bonchev–Trinajstić information content (AvgIpc) is 2.61. The molecule has 0 aromatic heterocycles. The highest BCUT2D eigenvalue weighted by Gasteiger charge is 2.19. The van der Waals surface area contributed by atoms with Crippen molar-refractivity contribution in [1.29, 1.82) is 0 Å². The lowest BCUT2D eigenvalue weighted by molar-refractivity contribution is 0.220. The summed E-state index contributed by atoms with van der Waals surface area (Å²) in [5.74, 6) is 1.06. The van der Waals surface area contributed by atoms with Crippen LogP contribution in [0, 0.1) is 0 Å². The standard InChI is InChI=1S/C9H19N3O2S/c1-2-8(10)7-15(14)6-5-12-4-3-11-9(12)13/h8H,2-7,10H2,1H3,(H,11,13). The van der Waals surface area contributed by atoms with Gasteiger partial charge in [-0.25, -0.2) is 4.79 Å². The van der Waals surface area contributed by atoms with Gasteiger partial charge in [0.15, 0.2) is 0 Å². The van der Waals surface area contributed by atoms with Crippen LogP contribution in [0.25, 0.3) is 0 Å². The Kier molecular flexibility index (Phi) is 5.04. The van der Waals surface area contributed by atoms with Crippen molar-refractivity contribution in [2.24, 2.45) is 5.73 Å². The van der Waals surface area contributed by atoms with E-state index in [1.165, 1.54) is 0 Å². The van der Waals surface area contributed by atoms with E-state index in [1.54, 1.807) is 4.90 Å². The van der Waals surface area contributed by atoms with E-state index in [0.29, 0.717) is 24.6 Å². The Bertz CT molecular complexity index is 248. The third kappa shape index (κ3) is 4.17. The molecule has 2 amide bonds. The number of rotatable bonds is 6. The summed E-state index contributed by atoms with van der Waals surface area (Å²) in [5.41, 5.74) is 5.70. The fourth-order valence-electron chi connectivity index (χ4n) is 1.38. The normalized spacial score (nSPS) is 20.1. The zero-order valence-electron chi connectivity index (χ0n) is 9.07. The first-order chi connectivity index (χ1) is 7.13. The first-order valence-electron chi connectivity index (χ1n) is 5.26. The zero-order valence-corrected chi connectivity index (χ0v) is 9.89. The van der Waals surface area contributed by atoms with E-state index in [4.69, 9.17) is 5.73 Å². The molecule has 0 aliphatic carbocycles. The lowest BCUT2D eigenvalue weighted by Crippen LogP contribution is -2.34. The van der Waals surface area contributed by atoms with Crippen molar-refractivity contribution in [3.63, 3.8) is 0 Å². The molecule has 0 spiro atoms. The third-order valence-electron chi connectivity index (χ3n) is 2.46. The van der Waals surface area contributed by atoms with Crippen molar-refractivity contribution >= 4 is 16.8 Å². The number of amides is 2. The Morgan fingerprint density at radius 1 is 1.67 bits per heavy atom. The average molecular weight is 233 g/mol. The molecule has 1 heterocycles. The van der Waals surface area contributed by atoms with Gasteiger partial charge >= 0.3 is 6.03 Å². The summed E-state index contributed by atoms with van der Waals surface area (Å²) >= 11 is 0. The minimum Gasteiger partial charge on any atom is -0.336 e. The molecular weight excluding hydrogens is 214 g/mol. The number of carbonyl (C=O) groups excluding carboxylic acids is 1. The number of carbonyl (C=O) groups is 1. The van der Waals surface area contributed by atoms with Crippen LogP contribution in [0.15, 0.2) is 0 Å². The van der Waals surface area contributed by atoms with Crippen molar-refractivity contribution in [2.75, 3.05) is 31.1 Å². The highest BCUT2D eigenvalue weighted by Crippen LogP contribution is 1.98. The molecule has 0 aromatic rings. The van der Waals surface area contributed by atoms with Gasteiger partial charge in [0.2, 0.25) is 0 Å². The maximum absolute atomic E-state index is 11.5. The minimum absolute atomic E-state index is 0.0123. The van der Waals surface area contributed by atoms with Gasteiger partial charge in [-0.05, 0) is 6.42 Å². The van der Waals surface area contributed by atoms with E-state index in [9.17, 15) is 9.00 Å². The molecule has 5 nitrogen and oxygen atoms in total. The fraction of sp³-hybridized carbons (Fsp3) is 0.889. The summed E-state index contributed by atoms with van der Waals surface area (Å²) < 4.78 is 11.5. The van der Waals surface area contributed by atoms with Crippen LogP contribution in [0.4, 0.5) is 4.79 Å². The Morgan fingerprint density at radius 3 is 2.93 bits per heavy atom. The fourth-order valence-corrected chi connectivity index (χ4v) is 2.68. The molecule has 6 heteroatoms. The van der Waals surface area contributed by atoms with Crippen LogP contribution >= 0.6 is 0 Å². The van der Waals surface area contributed by atoms with E-state index in [1.807, 2.05) is 6.92 Å². The molecule has 3 N–H and O–H groups in total. The summed E-state index contributed by atoms with van der Waals surface area (Å²) in [4.78, 5) is 12.8. The molecule has 88 valence electrons. The van der Waals surface area contributed by atoms with Gasteiger partial charge in [0.05, 0.1) is 0 Å². The maximum Gasteiger partial charge on any atom is 0.317 e. The molecule has 1 rings (SSSR count). The van der Waals surface area contributed by atoms with E-state index in [0.717, 1.165) is 13.0 Å². The molecule has 2 atom stereocenters. The maximum atomic E-state index is 11.5. The van der Waals surface area contributed by atoms with E-state index in [2.05, 4.69) is 5.32 Å². The van der Waals surface area contributed by atoms with E-state index in [-0.39, 0.29) is 12.1 Å². The molecule has 2 unspecified atom stereocenters. The van der Waals surface area contributed by atoms with Crippen LogP contribution in [-0.2, 0) is 10.8 Å². The van der Waals surface area contributed by atoms with Gasteiger partial charge in [0.25, 0.3) is 0 Å². The van der Waals surface area contributed by atoms with Crippen molar-refractivity contribution < 1.29 is 9.00 Å². The van der Waals surface area contributed by atoms with E-state index >= 15 is 0 Å². The predicted molar refractivity (Wildman–Crippen MR) is 61.1 cm³/mol. The largest absolute Gasteiger partial charge is 0.336 e. The SMILES string of the molecule is CCC(N)CS(=O)CCN1CCNC1=O. The Labute approximate surface area is 92.8 Å². The molecule has 0 saturated carbocycles. The number of nitrogens with one attached hydrogen (secondary N) is 1. The van der Waals surface area contributed by atoms with Gasteiger partial charge in [-0.3, -0.25) is 4.21 Å². The summed E-state index contributed by atoms with van der Waals surface area (Å²) in [7, 11) is -0.908. The Hall–Kier alpha value is -0.620. The predicted octanol–water partition coefficient (Wildman–Crippen LogP) is -0.502. The Morgan fingerprint density at radius 2 is 2.40 bits per heavy atom. The number of hydrogen-bond donors (Lipinski definition) is 2. The summed E-state index contributed by atoms with van der Waals surface area (Å²) in [6, 6.07) is -0.0370. The topological polar surface area (TPSA) is 75.4 Å². The summed E-state index contributed by atoms with van der Waals surface area (Å²) in [6.45, 7) is 3.96. The van der Waals surface area contributed by atoms with Gasteiger partial charge in [-0.1, -0.05) is 6.92 Å². The van der Waals surface area contributed by atoms with Crippen LogP contribution in [-0.4, -0.2) is 52.3 Å². The first-order valence-corrected chi connectivity index (χ1v) is 6.75. The number of hydrogen-bond acceptors (Lipinski definition) is 3. The second kappa shape index (κ2) is 6.07. The van der Waals surface area contributed by atoms with Gasteiger partial charge in [-0.2, -0.15) is 0 Å². The number of nitrogens with zero attached hydrogens (tertiary/aromatic N) is 1. The van der Waals surface area contributed by atoms with Crippen molar-refractivity contribution in [3.8, 4) is 0 Å². The molecule has 0 radical (unpaired) electrons. The molecule has 1 saturated heterocycles. The summed E-state index contributed by atoms with van der Waals surface area (Å²) in [6.07, 6.45) is 0.843. The monoisotopic (exact) mass is 233 g/mol. The smallest absolute Gasteiger partial charge is 0.317 e. The van der Waals surface area contributed by atoms with Gasteiger partial charge in [0.1, 0.15) is 0 Å². The van der Waals surface area contributed by atoms with E-state index < -0.39 is 10.8 Å². The quantitative estimate of drug-likeness (QED) is 0.649. The van der Waals surface area contributed by atoms with Gasteiger partial charge in [-0.15, -0.1) is 0 Å². The minimum atomic E-state index is -0.908. The van der Waals surface area contributed by atoms with Gasteiger partial charge in [0, 0.05) is 48.0 Å². The van der Waals surface area contributed by atoms with Crippen LogP contribution in [0.1, 0.15) is 13.3 Å². The third-order valence-corrected chi connectivity index (χ3v) is 3.90. The highest BCUT2D eigenvalue weighted by atomic mass is 32.2. The van der Waals surface area contributed by atoms with Crippen LogP contribution in [0.5, 0.6) is 0 Å². The number of urea groups is 1. The Balaban J connectivity index is 2.19. The molecule has 1 aliphatic heterocycles. The molecule has 0 aromatic carbocycles. The summed E-state index contributed by atoms with van der Waals surface area (Å²) in [5, 5.41) is 2.71. The second-order valence-corrected chi connectivity index (χ2v) is 5.32. The zero-order chi connectivity index (χ0) is 11.3. The lowest BCUT2D eigenvalue weighted by atomic mass is 10.3. The van der Waals surface area contributed by atoms with Crippen molar-refractivity contribution in [1.82, 2.24) is 10.2 Å². The van der Waals surface area contributed by atoms with Crippen LogP contribution in [0.3, 0.4) is 0 Å². The lowest BCUT2D eigenvalue weighted by Gasteiger charge is -2.14. The molecule has 15 heavy (non-hydrogen) atoms. The van der Waals surface area contributed by atoms with Crippen LogP contribution < -0.4 is 11.1 Å². The van der Waals surface area contributed by atoms with Crippen molar-refractivity contribution in [2.45, 2.75) is 19.4 Å². The molecule has 1 aliphatic rings. The van der Waals surface area contributed by atoms with Gasteiger partial charge < -0.3 is 16.0 Å². The first kappa shape index (κ1) is 12.4.